The summed E-state index contributed by atoms with van der Waals surface area (Å²) in [5.74, 6) is 0.0210. The summed E-state index contributed by atoms with van der Waals surface area (Å²) < 4.78 is 4.82. The van der Waals surface area contributed by atoms with Gasteiger partial charge in [-0.25, -0.2) is 14.8 Å². The van der Waals surface area contributed by atoms with Crippen molar-refractivity contribution in [3.8, 4) is 22.6 Å². The molecule has 4 nitrogen and oxygen atoms in total. The number of hydrogen-bond donors (Lipinski definition) is 0. The minimum atomic E-state index is -0.500. The van der Waals surface area contributed by atoms with Crippen molar-refractivity contribution >= 4 is 17.6 Å². The lowest BCUT2D eigenvalue weighted by Gasteiger charge is -2.10. The van der Waals surface area contributed by atoms with Crippen LogP contribution in [0.5, 0.6) is 0 Å². The Morgan fingerprint density at radius 3 is 2.43 bits per heavy atom. The van der Waals surface area contributed by atoms with Gasteiger partial charge in [0.1, 0.15) is 5.56 Å². The van der Waals surface area contributed by atoms with Crippen molar-refractivity contribution in [2.24, 2.45) is 0 Å². The van der Waals surface area contributed by atoms with Crippen LogP contribution in [0.15, 0.2) is 60.8 Å². The van der Waals surface area contributed by atoms with Crippen LogP contribution in [0, 0.1) is 0 Å². The fourth-order valence-corrected chi connectivity index (χ4v) is 2.45. The standard InChI is InChI=1S/C18H13ClN2O2/c1-23-18(22)14-11-20-17(12-7-3-2-4-8-12)21-16(14)13-9-5-6-10-15(13)19/h2-11H,1H3. The third kappa shape index (κ3) is 3.07. The molecule has 0 N–H and O–H groups in total. The van der Waals surface area contributed by atoms with Crippen molar-refractivity contribution in [3.05, 3.63) is 71.4 Å². The van der Waals surface area contributed by atoms with E-state index >= 15 is 0 Å². The number of aromatic nitrogens is 2. The van der Waals surface area contributed by atoms with Crippen LogP contribution in [-0.2, 0) is 4.74 Å². The maximum absolute atomic E-state index is 12.0. The van der Waals surface area contributed by atoms with Gasteiger partial charge in [0.15, 0.2) is 5.82 Å². The van der Waals surface area contributed by atoms with E-state index in [4.69, 9.17) is 16.3 Å². The van der Waals surface area contributed by atoms with E-state index in [-0.39, 0.29) is 5.56 Å². The molecule has 114 valence electrons. The number of rotatable bonds is 3. The van der Waals surface area contributed by atoms with Crippen LogP contribution in [0.2, 0.25) is 5.02 Å². The van der Waals surface area contributed by atoms with Crippen LogP contribution < -0.4 is 0 Å². The van der Waals surface area contributed by atoms with E-state index < -0.39 is 5.97 Å². The summed E-state index contributed by atoms with van der Waals surface area (Å²) in [6.07, 6.45) is 1.47. The second-order valence-corrected chi connectivity index (χ2v) is 5.20. The average Bonchev–Trinajstić information content (AvgIpc) is 2.62. The van der Waals surface area contributed by atoms with E-state index in [9.17, 15) is 4.79 Å². The molecule has 1 heterocycles. The summed E-state index contributed by atoms with van der Waals surface area (Å²) in [4.78, 5) is 20.8. The van der Waals surface area contributed by atoms with E-state index in [2.05, 4.69) is 9.97 Å². The number of carbonyl (C=O) groups excluding carboxylic acids is 1. The van der Waals surface area contributed by atoms with Crippen molar-refractivity contribution < 1.29 is 9.53 Å². The van der Waals surface area contributed by atoms with Gasteiger partial charge in [-0.05, 0) is 6.07 Å². The first-order chi connectivity index (χ1) is 11.2. The van der Waals surface area contributed by atoms with Crippen LogP contribution in [0.1, 0.15) is 10.4 Å². The molecular formula is C18H13ClN2O2. The minimum absolute atomic E-state index is 0.278. The van der Waals surface area contributed by atoms with Gasteiger partial charge in [-0.15, -0.1) is 0 Å². The van der Waals surface area contributed by atoms with Crippen molar-refractivity contribution in [1.82, 2.24) is 9.97 Å². The molecule has 0 aliphatic rings. The average molecular weight is 325 g/mol. The highest BCUT2D eigenvalue weighted by molar-refractivity contribution is 6.33. The smallest absolute Gasteiger partial charge is 0.341 e. The summed E-state index contributed by atoms with van der Waals surface area (Å²) in [6, 6.07) is 16.8. The zero-order chi connectivity index (χ0) is 16.2. The highest BCUT2D eigenvalue weighted by Gasteiger charge is 2.18. The van der Waals surface area contributed by atoms with Gasteiger partial charge in [-0.2, -0.15) is 0 Å². The molecule has 0 bridgehead atoms. The molecule has 1 aromatic heterocycles. The Labute approximate surface area is 138 Å². The summed E-state index contributed by atoms with van der Waals surface area (Å²) in [7, 11) is 1.32. The van der Waals surface area contributed by atoms with E-state index in [1.54, 1.807) is 6.07 Å². The molecule has 5 heteroatoms. The van der Waals surface area contributed by atoms with Crippen molar-refractivity contribution in [3.63, 3.8) is 0 Å². The largest absolute Gasteiger partial charge is 0.465 e. The zero-order valence-electron chi connectivity index (χ0n) is 12.4. The molecule has 0 aliphatic carbocycles. The topological polar surface area (TPSA) is 52.1 Å². The first-order valence-corrected chi connectivity index (χ1v) is 7.34. The molecule has 0 saturated heterocycles. The van der Waals surface area contributed by atoms with Gasteiger partial charge in [0.05, 0.1) is 12.8 Å². The highest BCUT2D eigenvalue weighted by atomic mass is 35.5. The molecule has 2 aromatic carbocycles. The lowest BCUT2D eigenvalue weighted by atomic mass is 10.1. The quantitative estimate of drug-likeness (QED) is 0.676. The van der Waals surface area contributed by atoms with Gasteiger partial charge >= 0.3 is 5.97 Å². The molecule has 23 heavy (non-hydrogen) atoms. The van der Waals surface area contributed by atoms with Gasteiger partial charge in [-0.3, -0.25) is 0 Å². The van der Waals surface area contributed by atoms with Crippen LogP contribution in [0.25, 0.3) is 22.6 Å². The zero-order valence-corrected chi connectivity index (χ0v) is 13.1. The third-order valence-corrected chi connectivity index (χ3v) is 3.68. The Morgan fingerprint density at radius 1 is 1.04 bits per heavy atom. The van der Waals surface area contributed by atoms with Crippen LogP contribution in [0.4, 0.5) is 0 Å². The second-order valence-electron chi connectivity index (χ2n) is 4.79. The molecule has 0 atom stereocenters. The van der Waals surface area contributed by atoms with Crippen molar-refractivity contribution in [1.29, 1.82) is 0 Å². The van der Waals surface area contributed by atoms with Crippen LogP contribution >= 0.6 is 11.6 Å². The first-order valence-electron chi connectivity index (χ1n) is 6.96. The molecule has 0 aliphatic heterocycles. The van der Waals surface area contributed by atoms with Crippen molar-refractivity contribution in [2.75, 3.05) is 7.11 Å². The van der Waals surface area contributed by atoms with Gasteiger partial charge in [0.2, 0.25) is 0 Å². The maximum atomic E-state index is 12.0. The number of esters is 1. The predicted octanol–water partition coefficient (Wildman–Crippen LogP) is 4.25. The number of halogens is 1. The number of carbonyl (C=O) groups is 1. The van der Waals surface area contributed by atoms with E-state index in [1.807, 2.05) is 48.5 Å². The summed E-state index contributed by atoms with van der Waals surface area (Å²) in [5, 5.41) is 0.510. The Bertz CT molecular complexity index is 851. The Morgan fingerprint density at radius 2 is 1.74 bits per heavy atom. The number of nitrogens with zero attached hydrogens (tertiary/aromatic N) is 2. The fraction of sp³-hybridized carbons (Fsp3) is 0.0556. The Balaban J connectivity index is 2.21. The lowest BCUT2D eigenvalue weighted by molar-refractivity contribution is 0.0601. The molecule has 0 radical (unpaired) electrons. The normalized spacial score (nSPS) is 10.3. The summed E-state index contributed by atoms with van der Waals surface area (Å²) in [6.45, 7) is 0. The second kappa shape index (κ2) is 6.58. The number of benzene rings is 2. The minimum Gasteiger partial charge on any atom is -0.465 e. The van der Waals surface area contributed by atoms with Crippen LogP contribution in [-0.4, -0.2) is 23.0 Å². The van der Waals surface area contributed by atoms with E-state index in [0.717, 1.165) is 5.56 Å². The van der Waals surface area contributed by atoms with Gasteiger partial charge < -0.3 is 4.74 Å². The third-order valence-electron chi connectivity index (χ3n) is 3.36. The van der Waals surface area contributed by atoms with Gasteiger partial charge in [-0.1, -0.05) is 60.1 Å². The SMILES string of the molecule is COC(=O)c1cnc(-c2ccccc2)nc1-c1ccccc1Cl. The molecule has 3 aromatic rings. The molecule has 0 fully saturated rings. The van der Waals surface area contributed by atoms with E-state index in [0.29, 0.717) is 22.1 Å². The summed E-state index contributed by atoms with van der Waals surface area (Å²) >= 11 is 6.26. The van der Waals surface area contributed by atoms with Crippen molar-refractivity contribution in [2.45, 2.75) is 0 Å². The van der Waals surface area contributed by atoms with Gasteiger partial charge in [0.25, 0.3) is 0 Å². The molecule has 3 rings (SSSR count). The Kier molecular flexibility index (Phi) is 4.35. The molecule has 0 spiro atoms. The molecular weight excluding hydrogens is 312 g/mol. The maximum Gasteiger partial charge on any atom is 0.341 e. The fourth-order valence-electron chi connectivity index (χ4n) is 2.23. The number of hydrogen-bond acceptors (Lipinski definition) is 4. The van der Waals surface area contributed by atoms with Gasteiger partial charge in [0, 0.05) is 22.3 Å². The number of methoxy groups -OCH3 is 1. The first kappa shape index (κ1) is 15.2. The molecule has 0 amide bonds. The highest BCUT2D eigenvalue weighted by Crippen LogP contribution is 2.30. The Hall–Kier alpha value is -2.72. The monoisotopic (exact) mass is 324 g/mol. The molecule has 0 unspecified atom stereocenters. The lowest BCUT2D eigenvalue weighted by Crippen LogP contribution is -2.07. The van der Waals surface area contributed by atoms with Crippen LogP contribution in [0.3, 0.4) is 0 Å². The number of ether oxygens (including phenoxy) is 1. The van der Waals surface area contributed by atoms with E-state index in [1.165, 1.54) is 13.3 Å². The predicted molar refractivity (Wildman–Crippen MR) is 89.3 cm³/mol. The summed E-state index contributed by atoms with van der Waals surface area (Å²) in [5.41, 5.74) is 2.25. The molecule has 0 saturated carbocycles.